The minimum Gasteiger partial charge on any atom is -0.461 e. The van der Waals surface area contributed by atoms with E-state index in [1.807, 2.05) is 13.0 Å². The summed E-state index contributed by atoms with van der Waals surface area (Å²) in [6, 6.07) is 8.16. The van der Waals surface area contributed by atoms with Crippen LogP contribution in [0.25, 0.3) is 10.9 Å². The number of ether oxygens (including phenoxy) is 2. The van der Waals surface area contributed by atoms with E-state index in [9.17, 15) is 14.9 Å². The van der Waals surface area contributed by atoms with Gasteiger partial charge in [0.15, 0.2) is 0 Å². The fourth-order valence-corrected chi connectivity index (χ4v) is 2.82. The monoisotopic (exact) mass is 355 g/mol. The predicted octanol–water partition coefficient (Wildman–Crippen LogP) is 3.76. The average Bonchev–Trinajstić information content (AvgIpc) is 2.86. The Bertz CT molecular complexity index is 992. The van der Waals surface area contributed by atoms with E-state index in [-0.39, 0.29) is 17.5 Å². The highest BCUT2D eigenvalue weighted by atomic mass is 16.6. The summed E-state index contributed by atoms with van der Waals surface area (Å²) < 4.78 is 12.6. The molecule has 0 aliphatic heterocycles. The molecule has 0 saturated carbocycles. The van der Waals surface area contributed by atoms with Crippen LogP contribution in [-0.2, 0) is 11.8 Å². The van der Waals surface area contributed by atoms with E-state index in [1.165, 1.54) is 12.1 Å². The highest BCUT2D eigenvalue weighted by Crippen LogP contribution is 2.30. The minimum atomic E-state index is -0.521. The van der Waals surface area contributed by atoms with E-state index < -0.39 is 4.92 Å². The van der Waals surface area contributed by atoms with Crippen LogP contribution in [0.1, 0.15) is 23.0 Å². The molecule has 0 saturated heterocycles. The highest BCUT2D eigenvalue weighted by molar-refractivity contribution is 5.99. The molecule has 0 fully saturated rings. The Morgan fingerprint density at radius 1 is 1.31 bits per heavy atom. The Labute approximate surface area is 149 Å². The summed E-state index contributed by atoms with van der Waals surface area (Å²) in [6.07, 6.45) is 1.14. The van der Waals surface area contributed by atoms with Crippen LogP contribution in [0, 0.1) is 17.0 Å². The molecule has 3 rings (SSSR count). The number of fused-ring (bicyclic) bond motifs is 1. The van der Waals surface area contributed by atoms with Gasteiger partial charge in [0, 0.05) is 30.6 Å². The van der Waals surface area contributed by atoms with E-state index in [1.54, 1.807) is 30.7 Å². The lowest BCUT2D eigenvalue weighted by molar-refractivity contribution is -0.385. The van der Waals surface area contributed by atoms with Crippen molar-refractivity contribution in [2.45, 2.75) is 13.8 Å². The van der Waals surface area contributed by atoms with Crippen LogP contribution >= 0.6 is 0 Å². The largest absolute Gasteiger partial charge is 0.461 e. The Morgan fingerprint density at radius 2 is 2.08 bits per heavy atom. The molecule has 0 spiro atoms. The molecule has 2 heterocycles. The number of nitro groups is 1. The zero-order valence-electron chi connectivity index (χ0n) is 14.6. The van der Waals surface area contributed by atoms with E-state index in [0.29, 0.717) is 18.1 Å². The van der Waals surface area contributed by atoms with Crippen molar-refractivity contribution in [2.75, 3.05) is 6.61 Å². The van der Waals surface area contributed by atoms with Crippen LogP contribution in [0.3, 0.4) is 0 Å². The van der Waals surface area contributed by atoms with Gasteiger partial charge in [0.1, 0.15) is 17.6 Å². The highest BCUT2D eigenvalue weighted by Gasteiger charge is 2.19. The van der Waals surface area contributed by atoms with Gasteiger partial charge in [-0.05, 0) is 31.5 Å². The first kappa shape index (κ1) is 17.4. The maximum absolute atomic E-state index is 12.2. The number of hydrogen-bond acceptors (Lipinski definition) is 6. The summed E-state index contributed by atoms with van der Waals surface area (Å²) in [7, 11) is 1.79. The molecule has 26 heavy (non-hydrogen) atoms. The predicted molar refractivity (Wildman–Crippen MR) is 94.6 cm³/mol. The molecule has 0 amide bonds. The lowest BCUT2D eigenvalue weighted by Crippen LogP contribution is -2.11. The van der Waals surface area contributed by atoms with Crippen molar-refractivity contribution in [3.05, 3.63) is 57.9 Å². The molecule has 0 atom stereocenters. The maximum atomic E-state index is 12.2. The van der Waals surface area contributed by atoms with Crippen LogP contribution in [0.5, 0.6) is 11.6 Å². The number of carbonyl (C=O) groups is 1. The molecule has 0 aliphatic carbocycles. The molecule has 134 valence electrons. The second-order valence-corrected chi connectivity index (χ2v) is 5.65. The van der Waals surface area contributed by atoms with Gasteiger partial charge in [-0.3, -0.25) is 10.1 Å². The number of hydrogen-bond donors (Lipinski definition) is 0. The number of nitrogens with zero attached hydrogens (tertiary/aromatic N) is 3. The molecule has 3 aromatic rings. The van der Waals surface area contributed by atoms with Crippen LogP contribution in [0.15, 0.2) is 36.5 Å². The number of carbonyl (C=O) groups excluding carboxylic acids is 1. The van der Waals surface area contributed by atoms with E-state index in [2.05, 4.69) is 4.98 Å². The van der Waals surface area contributed by atoms with Gasteiger partial charge < -0.3 is 14.0 Å². The van der Waals surface area contributed by atoms with Gasteiger partial charge in [-0.1, -0.05) is 0 Å². The van der Waals surface area contributed by atoms with Gasteiger partial charge in [0.2, 0.25) is 5.88 Å². The molecule has 0 unspecified atom stereocenters. The van der Waals surface area contributed by atoms with Gasteiger partial charge in [0.05, 0.1) is 17.0 Å². The third-order valence-corrected chi connectivity index (χ3v) is 4.05. The van der Waals surface area contributed by atoms with Crippen molar-refractivity contribution in [3.63, 3.8) is 0 Å². The Hall–Kier alpha value is -3.42. The van der Waals surface area contributed by atoms with Gasteiger partial charge in [-0.2, -0.15) is 0 Å². The number of esters is 1. The minimum absolute atomic E-state index is 0.107. The first-order valence-electron chi connectivity index (χ1n) is 7.96. The van der Waals surface area contributed by atoms with E-state index in [4.69, 9.17) is 9.47 Å². The topological polar surface area (TPSA) is 96.5 Å². The lowest BCUT2D eigenvalue weighted by Gasteiger charge is -2.06. The van der Waals surface area contributed by atoms with Crippen molar-refractivity contribution in [1.29, 1.82) is 0 Å². The summed E-state index contributed by atoms with van der Waals surface area (Å²) >= 11 is 0. The molecule has 0 radical (unpaired) electrons. The number of benzene rings is 1. The molecule has 8 heteroatoms. The number of aryl methyl sites for hydroxylation is 2. The average molecular weight is 355 g/mol. The maximum Gasteiger partial charge on any atom is 0.355 e. The standard InChI is InChI=1S/C18H17N3O5/c1-4-25-18(22)17-11(2)14-7-6-13(9-15(14)20(17)3)26-16-8-5-12(10-19-16)21(23)24/h5-10H,4H2,1-3H3. The van der Waals surface area contributed by atoms with E-state index >= 15 is 0 Å². The first-order chi connectivity index (χ1) is 12.4. The number of pyridine rings is 1. The van der Waals surface area contributed by atoms with Gasteiger partial charge in [-0.25, -0.2) is 9.78 Å². The van der Waals surface area contributed by atoms with Crippen LogP contribution in [0.4, 0.5) is 5.69 Å². The molecule has 1 aromatic carbocycles. The number of rotatable bonds is 5. The zero-order valence-corrected chi connectivity index (χ0v) is 14.6. The Morgan fingerprint density at radius 3 is 2.69 bits per heavy atom. The van der Waals surface area contributed by atoms with Crippen LogP contribution < -0.4 is 4.74 Å². The Kier molecular flexibility index (Phi) is 4.57. The summed E-state index contributed by atoms with van der Waals surface area (Å²) in [5.74, 6) is 0.379. The fraction of sp³-hybridized carbons (Fsp3) is 0.222. The van der Waals surface area contributed by atoms with Crippen LogP contribution in [-0.4, -0.2) is 27.1 Å². The molecular weight excluding hydrogens is 338 g/mol. The van der Waals surface area contributed by atoms with Crippen molar-refractivity contribution in [2.24, 2.45) is 7.05 Å². The summed E-state index contributed by atoms with van der Waals surface area (Å²) in [5.41, 5.74) is 2.03. The van der Waals surface area contributed by atoms with Crippen LogP contribution in [0.2, 0.25) is 0 Å². The van der Waals surface area contributed by atoms with Gasteiger partial charge in [-0.15, -0.1) is 0 Å². The van der Waals surface area contributed by atoms with Crippen molar-refractivity contribution in [3.8, 4) is 11.6 Å². The third-order valence-electron chi connectivity index (χ3n) is 4.05. The van der Waals surface area contributed by atoms with Crippen molar-refractivity contribution in [1.82, 2.24) is 9.55 Å². The first-order valence-corrected chi connectivity index (χ1v) is 7.96. The van der Waals surface area contributed by atoms with Gasteiger partial charge in [0.25, 0.3) is 5.69 Å². The number of aromatic nitrogens is 2. The van der Waals surface area contributed by atoms with E-state index in [0.717, 1.165) is 22.7 Å². The van der Waals surface area contributed by atoms with Gasteiger partial charge >= 0.3 is 5.97 Å². The lowest BCUT2D eigenvalue weighted by atomic mass is 10.1. The van der Waals surface area contributed by atoms with Crippen molar-refractivity contribution >= 4 is 22.6 Å². The second-order valence-electron chi connectivity index (χ2n) is 5.65. The molecule has 2 aromatic heterocycles. The smallest absolute Gasteiger partial charge is 0.355 e. The summed E-state index contributed by atoms with van der Waals surface area (Å²) in [6.45, 7) is 3.94. The molecule has 0 bridgehead atoms. The summed E-state index contributed by atoms with van der Waals surface area (Å²) in [5, 5.41) is 11.6. The fourth-order valence-electron chi connectivity index (χ4n) is 2.82. The second kappa shape index (κ2) is 6.83. The summed E-state index contributed by atoms with van der Waals surface area (Å²) in [4.78, 5) is 26.3. The quantitative estimate of drug-likeness (QED) is 0.393. The molecule has 8 nitrogen and oxygen atoms in total. The molecule has 0 aliphatic rings. The molecule has 0 N–H and O–H groups in total. The normalized spacial score (nSPS) is 10.7. The van der Waals surface area contributed by atoms with Crippen molar-refractivity contribution < 1.29 is 19.2 Å². The zero-order chi connectivity index (χ0) is 18.8. The molecular formula is C18H17N3O5. The Balaban J connectivity index is 1.95. The SMILES string of the molecule is CCOC(=O)c1c(C)c2ccc(Oc3ccc([N+](=O)[O-])cn3)cc2n1C. The third kappa shape index (κ3) is 3.08.